The maximum atomic E-state index is 12.3. The van der Waals surface area contributed by atoms with Crippen molar-refractivity contribution < 1.29 is 14.6 Å². The summed E-state index contributed by atoms with van der Waals surface area (Å²) in [5.74, 6) is 1.01. The molecule has 0 spiro atoms. The minimum Gasteiger partial charge on any atom is -0.497 e. The largest absolute Gasteiger partial charge is 0.497 e. The highest BCUT2D eigenvalue weighted by atomic mass is 79.9. The Morgan fingerprint density at radius 1 is 1.43 bits per heavy atom. The molecule has 0 fully saturated rings. The minimum absolute atomic E-state index is 0.231. The van der Waals surface area contributed by atoms with Crippen molar-refractivity contribution in [1.29, 1.82) is 0 Å². The number of rotatable bonds is 7. The third-order valence-electron chi connectivity index (χ3n) is 3.17. The molecule has 0 amide bonds. The molecule has 0 aliphatic carbocycles. The molecule has 122 valence electrons. The Labute approximate surface area is 142 Å². The van der Waals surface area contributed by atoms with Crippen LogP contribution in [0.3, 0.4) is 0 Å². The molecule has 2 rings (SSSR count). The minimum atomic E-state index is -0.593. The summed E-state index contributed by atoms with van der Waals surface area (Å²) in [6.07, 6.45) is 2.29. The van der Waals surface area contributed by atoms with E-state index in [1.54, 1.807) is 7.11 Å². The highest BCUT2D eigenvalue weighted by Gasteiger charge is 2.13. The van der Waals surface area contributed by atoms with Crippen molar-refractivity contribution in [3.63, 3.8) is 0 Å². The summed E-state index contributed by atoms with van der Waals surface area (Å²) >= 11 is 3.22. The zero-order valence-electron chi connectivity index (χ0n) is 12.6. The van der Waals surface area contributed by atoms with E-state index < -0.39 is 6.10 Å². The van der Waals surface area contributed by atoms with Crippen LogP contribution in [0.15, 0.2) is 52.4 Å². The Balaban J connectivity index is 2.22. The summed E-state index contributed by atoms with van der Waals surface area (Å²) in [6, 6.07) is 7.38. The van der Waals surface area contributed by atoms with Crippen LogP contribution in [0.1, 0.15) is 5.56 Å². The number of hydrogen-bond acceptors (Lipinski definition) is 5. The Morgan fingerprint density at radius 2 is 2.13 bits per heavy atom. The number of aromatic nitrogens is 2. The highest BCUT2D eigenvalue weighted by Crippen LogP contribution is 2.21. The number of methoxy groups -OCH3 is 1. The van der Waals surface area contributed by atoms with Gasteiger partial charge in [-0.15, -0.1) is 0 Å². The van der Waals surface area contributed by atoms with E-state index in [4.69, 9.17) is 14.6 Å². The molecule has 0 aliphatic heterocycles. The van der Waals surface area contributed by atoms with Crippen molar-refractivity contribution in [2.24, 2.45) is 0 Å². The second-order valence-electron chi connectivity index (χ2n) is 4.71. The van der Waals surface area contributed by atoms with E-state index in [0.29, 0.717) is 6.54 Å². The molecule has 0 aliphatic rings. The van der Waals surface area contributed by atoms with Crippen LogP contribution in [0.5, 0.6) is 11.5 Å². The fraction of sp³-hybridized carbons (Fsp3) is 0.250. The molecule has 1 heterocycles. The van der Waals surface area contributed by atoms with E-state index >= 15 is 0 Å². The van der Waals surface area contributed by atoms with Gasteiger partial charge in [0, 0.05) is 0 Å². The summed E-state index contributed by atoms with van der Waals surface area (Å²) in [5.41, 5.74) is 0.597. The summed E-state index contributed by atoms with van der Waals surface area (Å²) in [4.78, 5) is 12.3. The number of aliphatic hydroxyl groups excluding tert-OH is 1. The molecular weight excluding hydrogens is 364 g/mol. The molecule has 1 N–H and O–H groups in total. The average molecular weight is 381 g/mol. The van der Waals surface area contributed by atoms with Gasteiger partial charge in [-0.1, -0.05) is 18.7 Å². The Kier molecular flexibility index (Phi) is 5.95. The van der Waals surface area contributed by atoms with Crippen LogP contribution >= 0.6 is 15.9 Å². The molecule has 1 aromatic carbocycles. The van der Waals surface area contributed by atoms with Gasteiger partial charge in [-0.05, 0) is 39.7 Å². The van der Waals surface area contributed by atoms with Crippen molar-refractivity contribution in [1.82, 2.24) is 9.78 Å². The van der Waals surface area contributed by atoms with E-state index in [1.807, 2.05) is 24.3 Å². The zero-order valence-corrected chi connectivity index (χ0v) is 14.2. The number of ether oxygens (including phenoxy) is 2. The molecule has 0 unspecified atom stereocenters. The molecule has 0 saturated heterocycles. The van der Waals surface area contributed by atoms with Crippen molar-refractivity contribution in [2.45, 2.75) is 12.6 Å². The molecule has 2 aromatic rings. The molecule has 1 aromatic heterocycles. The van der Waals surface area contributed by atoms with Gasteiger partial charge in [-0.2, -0.15) is 5.10 Å². The number of halogens is 1. The predicted molar refractivity (Wildman–Crippen MR) is 90.0 cm³/mol. The third-order valence-corrected chi connectivity index (χ3v) is 3.90. The van der Waals surface area contributed by atoms with Gasteiger partial charge in [0.2, 0.25) is 0 Å². The van der Waals surface area contributed by atoms with E-state index in [9.17, 15) is 4.79 Å². The van der Waals surface area contributed by atoms with Crippen LogP contribution in [0.4, 0.5) is 0 Å². The monoisotopic (exact) mass is 380 g/mol. The second-order valence-corrected chi connectivity index (χ2v) is 5.50. The molecule has 1 atom stereocenters. The van der Waals surface area contributed by atoms with Gasteiger partial charge in [-0.3, -0.25) is 4.79 Å². The lowest BCUT2D eigenvalue weighted by Crippen LogP contribution is -2.26. The molecule has 0 bridgehead atoms. The summed E-state index contributed by atoms with van der Waals surface area (Å²) < 4.78 is 12.1. The van der Waals surface area contributed by atoms with E-state index in [2.05, 4.69) is 27.6 Å². The lowest BCUT2D eigenvalue weighted by atomic mass is 10.2. The second kappa shape index (κ2) is 7.94. The first-order valence-electron chi connectivity index (χ1n) is 6.87. The molecule has 7 heteroatoms. The van der Waals surface area contributed by atoms with Gasteiger partial charge in [0.05, 0.1) is 26.5 Å². The van der Waals surface area contributed by atoms with Crippen LogP contribution in [-0.4, -0.2) is 34.7 Å². The normalized spacial score (nSPS) is 11.8. The van der Waals surface area contributed by atoms with Crippen molar-refractivity contribution in [3.05, 3.63) is 63.5 Å². The maximum absolute atomic E-state index is 12.3. The summed E-state index contributed by atoms with van der Waals surface area (Å²) in [5, 5.41) is 13.2. The summed E-state index contributed by atoms with van der Waals surface area (Å²) in [6.45, 7) is 3.65. The smallest absolute Gasteiger partial charge is 0.285 e. The van der Waals surface area contributed by atoms with Gasteiger partial charge < -0.3 is 14.6 Å². The van der Waals surface area contributed by atoms with Crippen molar-refractivity contribution in [3.8, 4) is 11.5 Å². The zero-order chi connectivity index (χ0) is 16.8. The first-order chi connectivity index (χ1) is 11.1. The Bertz CT molecular complexity index is 728. The fourth-order valence-corrected chi connectivity index (χ4v) is 2.27. The van der Waals surface area contributed by atoms with Crippen LogP contribution in [0, 0.1) is 0 Å². The highest BCUT2D eigenvalue weighted by molar-refractivity contribution is 9.10. The quantitative estimate of drug-likeness (QED) is 0.743. The molecular formula is C16H17BrN2O4. The van der Waals surface area contributed by atoms with Gasteiger partial charge in [0.25, 0.3) is 5.56 Å². The number of nitrogens with zero attached hydrogens (tertiary/aromatic N) is 2. The van der Waals surface area contributed by atoms with Crippen LogP contribution in [0.25, 0.3) is 0 Å². The van der Waals surface area contributed by atoms with Gasteiger partial charge in [0.1, 0.15) is 16.3 Å². The van der Waals surface area contributed by atoms with Gasteiger partial charge in [-0.25, -0.2) is 4.68 Å². The maximum Gasteiger partial charge on any atom is 0.285 e. The first kappa shape index (κ1) is 17.2. The fourth-order valence-electron chi connectivity index (χ4n) is 1.87. The number of hydrogen-bond donors (Lipinski definition) is 1. The van der Waals surface area contributed by atoms with Crippen molar-refractivity contribution in [2.75, 3.05) is 13.7 Å². The lowest BCUT2D eigenvalue weighted by Gasteiger charge is -2.14. The topological polar surface area (TPSA) is 73.6 Å². The van der Waals surface area contributed by atoms with Crippen LogP contribution in [-0.2, 0) is 6.54 Å². The standard InChI is InChI=1S/C16H17BrN2O4/c1-3-12(10-20)23-14-8-18-19(16(21)15(14)17)9-11-4-6-13(22-2)7-5-11/h3-8,12,20H,1,9-10H2,2H3/t12-/m0/s1. The third kappa shape index (κ3) is 4.20. The summed E-state index contributed by atoms with van der Waals surface area (Å²) in [7, 11) is 1.60. The average Bonchev–Trinajstić information content (AvgIpc) is 2.59. The Hall–Kier alpha value is -2.12. The first-order valence-corrected chi connectivity index (χ1v) is 7.67. The number of aliphatic hydroxyl groups is 1. The molecule has 0 saturated carbocycles. The molecule has 0 radical (unpaired) electrons. The van der Waals surface area contributed by atoms with Crippen LogP contribution < -0.4 is 15.0 Å². The van der Waals surface area contributed by atoms with E-state index in [-0.39, 0.29) is 22.4 Å². The predicted octanol–water partition coefficient (Wildman–Crippen LogP) is 1.99. The van der Waals surface area contributed by atoms with Gasteiger partial charge >= 0.3 is 0 Å². The van der Waals surface area contributed by atoms with E-state index in [0.717, 1.165) is 11.3 Å². The van der Waals surface area contributed by atoms with Crippen molar-refractivity contribution >= 4 is 15.9 Å². The molecule has 23 heavy (non-hydrogen) atoms. The van der Waals surface area contributed by atoms with E-state index in [1.165, 1.54) is 17.0 Å². The number of benzene rings is 1. The Morgan fingerprint density at radius 3 is 2.70 bits per heavy atom. The van der Waals surface area contributed by atoms with Crippen LogP contribution in [0.2, 0.25) is 0 Å². The molecule has 6 nitrogen and oxygen atoms in total. The lowest BCUT2D eigenvalue weighted by molar-refractivity contribution is 0.148. The SMILES string of the molecule is C=C[C@@H](CO)Oc1cnn(Cc2ccc(OC)cc2)c(=O)c1Br. The van der Waals surface area contributed by atoms with Gasteiger partial charge in [0.15, 0.2) is 5.75 Å².